The highest BCUT2D eigenvalue weighted by molar-refractivity contribution is 5.38. The summed E-state index contributed by atoms with van der Waals surface area (Å²) in [7, 11) is 0. The molecule has 7 heteroatoms. The van der Waals surface area contributed by atoms with Gasteiger partial charge in [-0.25, -0.2) is 22.0 Å². The summed E-state index contributed by atoms with van der Waals surface area (Å²) < 4.78 is 75.9. The summed E-state index contributed by atoms with van der Waals surface area (Å²) >= 11 is 0. The molecular weight excluding hydrogens is 238 g/mol. The molecule has 0 amide bonds. The molecule has 0 spiro atoms. The van der Waals surface area contributed by atoms with E-state index >= 15 is 0 Å². The zero-order valence-corrected chi connectivity index (χ0v) is 7.49. The zero-order chi connectivity index (χ0) is 12.6. The number of hydrogen-bond donors (Lipinski definition) is 0. The summed E-state index contributed by atoms with van der Waals surface area (Å²) in [6.07, 6.45) is -2.19. The first-order valence-corrected chi connectivity index (χ1v) is 3.56. The van der Waals surface area contributed by atoms with Gasteiger partial charge in [-0.05, 0) is 5.73 Å². The van der Waals surface area contributed by atoms with Crippen molar-refractivity contribution in [1.82, 2.24) is 0 Å². The third-order valence-corrected chi connectivity index (χ3v) is 1.19. The molecule has 1 nitrogen and oxygen atoms in total. The first-order chi connectivity index (χ1) is 7.60. The number of allylic oxidation sites excluding steroid dienone is 1. The molecule has 0 saturated carbocycles. The smallest absolute Gasteiger partial charge is 0.326 e. The third-order valence-electron chi connectivity index (χ3n) is 1.19. The predicted octanol–water partition coefficient (Wildman–Crippen LogP) is 4.34. The van der Waals surface area contributed by atoms with E-state index in [-0.39, 0.29) is 0 Å². The van der Waals surface area contributed by atoms with Crippen LogP contribution in [0.3, 0.4) is 0 Å². The Balaban J connectivity index is 5.11. The number of ether oxygens (including phenoxy) is 1. The molecule has 0 bridgehead atoms. The summed E-state index contributed by atoms with van der Waals surface area (Å²) in [5.41, 5.74) is -0.129. The van der Waals surface area contributed by atoms with E-state index in [1.54, 1.807) is 0 Å². The average Bonchev–Trinajstić information content (AvgIpc) is 2.28. The fourth-order valence-electron chi connectivity index (χ4n) is 0.587. The van der Waals surface area contributed by atoms with Gasteiger partial charge in [0.2, 0.25) is 0 Å². The van der Waals surface area contributed by atoms with E-state index in [0.717, 1.165) is 0 Å². The van der Waals surface area contributed by atoms with Crippen molar-refractivity contribution in [3.63, 3.8) is 0 Å². The third kappa shape index (κ3) is 4.10. The Hall–Kier alpha value is -1.88. The van der Waals surface area contributed by atoms with Crippen LogP contribution in [0.2, 0.25) is 0 Å². The normalized spacial score (nSPS) is 13.2. The van der Waals surface area contributed by atoms with Crippen LogP contribution in [0, 0.1) is 0 Å². The molecular formula is C9H4F6O. The van der Waals surface area contributed by atoms with Gasteiger partial charge in [-0.3, -0.25) is 0 Å². The van der Waals surface area contributed by atoms with Gasteiger partial charge in [-0.15, -0.1) is 0 Å². The number of halogens is 6. The summed E-state index contributed by atoms with van der Waals surface area (Å²) in [5, 5.41) is 0. The van der Waals surface area contributed by atoms with Crippen molar-refractivity contribution in [1.29, 1.82) is 0 Å². The van der Waals surface area contributed by atoms with E-state index < -0.39 is 48.5 Å². The lowest BCUT2D eigenvalue weighted by Gasteiger charge is -2.05. The molecule has 0 heterocycles. The van der Waals surface area contributed by atoms with Gasteiger partial charge < -0.3 is 4.74 Å². The van der Waals surface area contributed by atoms with Crippen molar-refractivity contribution in [3.8, 4) is 0 Å². The van der Waals surface area contributed by atoms with Crippen LogP contribution in [0.4, 0.5) is 26.3 Å². The minimum absolute atomic E-state index is 0.411. The fourth-order valence-corrected chi connectivity index (χ4v) is 0.587. The molecule has 0 aliphatic carbocycles. The van der Waals surface area contributed by atoms with Gasteiger partial charge >= 0.3 is 6.01 Å². The van der Waals surface area contributed by atoms with E-state index in [9.17, 15) is 26.3 Å². The zero-order valence-electron chi connectivity index (χ0n) is 7.49. The van der Waals surface area contributed by atoms with E-state index in [0.29, 0.717) is 0 Å². The highest BCUT2D eigenvalue weighted by Crippen LogP contribution is 2.24. The Kier molecular flexibility index (Phi) is 6.55. The largest absolute Gasteiger partial charge is 0.422 e. The van der Waals surface area contributed by atoms with Crippen LogP contribution in [0.1, 0.15) is 0 Å². The van der Waals surface area contributed by atoms with Gasteiger partial charge in [0.05, 0.1) is 5.57 Å². The van der Waals surface area contributed by atoms with Crippen LogP contribution in [-0.4, -0.2) is 0 Å². The second-order valence-corrected chi connectivity index (χ2v) is 2.08. The second-order valence-electron chi connectivity index (χ2n) is 2.08. The molecule has 0 unspecified atom stereocenters. The van der Waals surface area contributed by atoms with Gasteiger partial charge in [0.25, 0.3) is 0 Å². The summed E-state index contributed by atoms with van der Waals surface area (Å²) in [4.78, 5) is 0. The summed E-state index contributed by atoms with van der Waals surface area (Å²) in [5.74, 6) is -3.15. The highest BCUT2D eigenvalue weighted by Gasteiger charge is 2.15. The van der Waals surface area contributed by atoms with Crippen molar-refractivity contribution in [2.24, 2.45) is 0 Å². The van der Waals surface area contributed by atoms with Crippen LogP contribution in [0.15, 0.2) is 54.2 Å². The van der Waals surface area contributed by atoms with E-state index in [2.05, 4.69) is 4.74 Å². The molecule has 0 radical (unpaired) electrons. The minimum Gasteiger partial charge on any atom is -0.422 e. The maximum atomic E-state index is 12.5. The summed E-state index contributed by atoms with van der Waals surface area (Å²) in [6, 6.07) is -1.79. The monoisotopic (exact) mass is 242 g/mol. The predicted molar refractivity (Wildman–Crippen MR) is 43.6 cm³/mol. The number of rotatable bonds is 4. The van der Waals surface area contributed by atoms with Crippen LogP contribution in [-0.2, 0) is 4.74 Å². The van der Waals surface area contributed by atoms with Crippen LogP contribution in [0.5, 0.6) is 0 Å². The maximum Gasteiger partial charge on any atom is 0.326 e. The lowest BCUT2D eigenvalue weighted by Crippen LogP contribution is -1.94. The van der Waals surface area contributed by atoms with Crippen molar-refractivity contribution >= 4 is 0 Å². The topological polar surface area (TPSA) is 9.23 Å². The van der Waals surface area contributed by atoms with E-state index in [1.165, 1.54) is 5.73 Å². The fraction of sp³-hybridized carbons (Fsp3) is 0. The lowest BCUT2D eigenvalue weighted by atomic mass is 10.2. The molecule has 0 aromatic heterocycles. The van der Waals surface area contributed by atoms with Crippen molar-refractivity contribution in [3.05, 3.63) is 54.2 Å². The van der Waals surface area contributed by atoms with Crippen molar-refractivity contribution in [2.75, 3.05) is 0 Å². The van der Waals surface area contributed by atoms with Gasteiger partial charge in [-0.1, -0.05) is 0 Å². The Morgan fingerprint density at radius 2 is 1.56 bits per heavy atom. The van der Waals surface area contributed by atoms with Gasteiger partial charge in [0.1, 0.15) is 25.3 Å². The Morgan fingerprint density at radius 1 is 0.938 bits per heavy atom. The Labute approximate surface area is 86.3 Å². The highest BCUT2D eigenvalue weighted by atomic mass is 19.2. The standard InChI is InChI=1S/C9H4F6O/c10-2-1-9(15)16-8(5-13)6(3-11)7(14)4-12/h2-5H. The molecule has 88 valence electrons. The molecule has 0 atom stereocenters. The molecule has 0 aromatic carbocycles. The van der Waals surface area contributed by atoms with Crippen molar-refractivity contribution in [2.45, 2.75) is 0 Å². The quantitative estimate of drug-likeness (QED) is 0.308. The van der Waals surface area contributed by atoms with Crippen LogP contribution >= 0.6 is 0 Å². The molecule has 0 aliphatic heterocycles. The van der Waals surface area contributed by atoms with Crippen LogP contribution in [0.25, 0.3) is 0 Å². The number of hydrogen-bond acceptors (Lipinski definition) is 1. The molecule has 0 rings (SSSR count). The van der Waals surface area contributed by atoms with E-state index in [4.69, 9.17) is 0 Å². The van der Waals surface area contributed by atoms with Crippen molar-refractivity contribution < 1.29 is 31.1 Å². The molecule has 0 aromatic rings. The lowest BCUT2D eigenvalue weighted by molar-refractivity contribution is 0.216. The minimum atomic E-state index is -1.83. The SMILES string of the molecule is FC=C=C(F)OC(=CF)C(=CF)C(F)=CF. The molecule has 0 saturated heterocycles. The van der Waals surface area contributed by atoms with Gasteiger partial charge in [0, 0.05) is 0 Å². The average molecular weight is 242 g/mol. The molecule has 16 heavy (non-hydrogen) atoms. The van der Waals surface area contributed by atoms with Gasteiger partial charge in [-0.2, -0.15) is 4.39 Å². The first-order valence-electron chi connectivity index (χ1n) is 3.56. The first kappa shape index (κ1) is 14.1. The molecule has 0 N–H and O–H groups in total. The van der Waals surface area contributed by atoms with Gasteiger partial charge in [0.15, 0.2) is 11.6 Å². The Bertz CT molecular complexity index is 387. The molecule has 0 fully saturated rings. The molecule has 0 aliphatic rings. The summed E-state index contributed by atoms with van der Waals surface area (Å²) in [6.45, 7) is 0. The van der Waals surface area contributed by atoms with E-state index in [1.807, 2.05) is 0 Å². The maximum absolute atomic E-state index is 12.5. The van der Waals surface area contributed by atoms with Crippen LogP contribution < -0.4 is 0 Å². The Morgan fingerprint density at radius 3 is 1.94 bits per heavy atom. The second kappa shape index (κ2) is 7.42.